The second-order valence-corrected chi connectivity index (χ2v) is 5.57. The van der Waals surface area contributed by atoms with E-state index in [1.807, 2.05) is 26.1 Å². The molecule has 0 aliphatic rings. The fourth-order valence-electron chi connectivity index (χ4n) is 2.16. The molecule has 2 heterocycles. The van der Waals surface area contributed by atoms with Crippen LogP contribution in [-0.4, -0.2) is 26.8 Å². The Morgan fingerprint density at radius 3 is 2.89 bits per heavy atom. The van der Waals surface area contributed by atoms with Gasteiger partial charge in [0.15, 0.2) is 0 Å². The second kappa shape index (κ2) is 5.72. The molecule has 0 atom stereocenters. The van der Waals surface area contributed by atoms with Gasteiger partial charge >= 0.3 is 0 Å². The molecule has 0 amide bonds. The molecule has 2 N–H and O–H groups in total. The number of nitrogens with zero attached hydrogens (tertiary/aromatic N) is 2. The van der Waals surface area contributed by atoms with Crippen LogP contribution in [0.4, 0.5) is 0 Å². The van der Waals surface area contributed by atoms with Crippen molar-refractivity contribution in [3.05, 3.63) is 30.1 Å². The van der Waals surface area contributed by atoms with Gasteiger partial charge in [0.2, 0.25) is 0 Å². The predicted molar refractivity (Wildman–Crippen MR) is 78.0 cm³/mol. The molecule has 0 aliphatic carbocycles. The summed E-state index contributed by atoms with van der Waals surface area (Å²) in [5.41, 5.74) is 1.62. The number of aliphatic hydroxyl groups is 1. The number of hydrogen-bond acceptors (Lipinski definition) is 3. The Bertz CT molecular complexity index is 540. The zero-order chi connectivity index (χ0) is 13.9. The third-order valence-electron chi connectivity index (χ3n) is 3.25. The topological polar surface area (TPSA) is 50.1 Å². The average molecular weight is 261 g/mol. The fourth-order valence-corrected chi connectivity index (χ4v) is 2.16. The van der Waals surface area contributed by atoms with Crippen LogP contribution in [0.5, 0.6) is 0 Å². The summed E-state index contributed by atoms with van der Waals surface area (Å²) in [5.74, 6) is 0. The molecule has 0 aliphatic heterocycles. The number of rotatable bonds is 6. The summed E-state index contributed by atoms with van der Waals surface area (Å²) >= 11 is 0. The Labute approximate surface area is 114 Å². The van der Waals surface area contributed by atoms with Crippen molar-refractivity contribution in [1.82, 2.24) is 14.9 Å². The first-order chi connectivity index (χ1) is 9.01. The zero-order valence-corrected chi connectivity index (χ0v) is 12.0. The second-order valence-electron chi connectivity index (χ2n) is 5.57. The summed E-state index contributed by atoms with van der Waals surface area (Å²) in [6.07, 6.45) is 4.68. The average Bonchev–Trinajstić information content (AvgIpc) is 2.72. The maximum absolute atomic E-state index is 9.85. The molecule has 0 unspecified atom stereocenters. The van der Waals surface area contributed by atoms with Crippen molar-refractivity contribution in [2.75, 3.05) is 6.54 Å². The molecule has 4 nitrogen and oxygen atoms in total. The molecular formula is C15H23N3O. The highest BCUT2D eigenvalue weighted by molar-refractivity contribution is 5.80. The summed E-state index contributed by atoms with van der Waals surface area (Å²) in [5, 5.41) is 14.4. The van der Waals surface area contributed by atoms with Crippen molar-refractivity contribution in [3.63, 3.8) is 0 Å². The third-order valence-corrected chi connectivity index (χ3v) is 3.25. The predicted octanol–water partition coefficient (Wildman–Crippen LogP) is 2.31. The van der Waals surface area contributed by atoms with Crippen LogP contribution in [0.1, 0.15) is 32.8 Å². The molecular weight excluding hydrogens is 238 g/mol. The van der Waals surface area contributed by atoms with Crippen LogP contribution in [0.15, 0.2) is 24.5 Å². The van der Waals surface area contributed by atoms with E-state index >= 15 is 0 Å². The first-order valence-corrected chi connectivity index (χ1v) is 6.87. The van der Waals surface area contributed by atoms with E-state index in [9.17, 15) is 5.11 Å². The minimum absolute atomic E-state index is 0.646. The van der Waals surface area contributed by atoms with E-state index in [2.05, 4.69) is 34.1 Å². The number of aromatic nitrogens is 2. The van der Waals surface area contributed by atoms with Gasteiger partial charge in [0.25, 0.3) is 0 Å². The molecule has 0 fully saturated rings. The zero-order valence-electron chi connectivity index (χ0n) is 12.0. The lowest BCUT2D eigenvalue weighted by Crippen LogP contribution is -2.20. The van der Waals surface area contributed by atoms with Crippen LogP contribution in [0.3, 0.4) is 0 Å². The standard InChI is InChI=1S/C15H23N3O/c1-4-16-10-12-11-18(9-7-15(2,3)19)14-13(12)6-5-8-17-14/h5-6,8,11,16,19H,4,7,9-10H2,1-3H3. The highest BCUT2D eigenvalue weighted by atomic mass is 16.3. The van der Waals surface area contributed by atoms with Gasteiger partial charge in [-0.15, -0.1) is 0 Å². The minimum Gasteiger partial charge on any atom is -0.390 e. The SMILES string of the molecule is CCNCc1cn(CCC(C)(C)O)c2ncccc12. The van der Waals surface area contributed by atoms with Crippen molar-refractivity contribution in [2.24, 2.45) is 0 Å². The highest BCUT2D eigenvalue weighted by Gasteiger charge is 2.14. The lowest BCUT2D eigenvalue weighted by molar-refractivity contribution is 0.0665. The van der Waals surface area contributed by atoms with Crippen LogP contribution in [0.25, 0.3) is 11.0 Å². The van der Waals surface area contributed by atoms with E-state index < -0.39 is 5.60 Å². The summed E-state index contributed by atoms with van der Waals surface area (Å²) in [7, 11) is 0. The van der Waals surface area contributed by atoms with Crippen LogP contribution < -0.4 is 5.32 Å². The van der Waals surface area contributed by atoms with Gasteiger partial charge in [-0.2, -0.15) is 0 Å². The van der Waals surface area contributed by atoms with Crippen molar-refractivity contribution in [2.45, 2.75) is 45.9 Å². The van der Waals surface area contributed by atoms with Crippen molar-refractivity contribution < 1.29 is 5.11 Å². The fraction of sp³-hybridized carbons (Fsp3) is 0.533. The summed E-state index contributed by atoms with van der Waals surface area (Å²) < 4.78 is 2.14. The summed E-state index contributed by atoms with van der Waals surface area (Å²) in [6, 6.07) is 4.08. The largest absolute Gasteiger partial charge is 0.390 e. The smallest absolute Gasteiger partial charge is 0.140 e. The summed E-state index contributed by atoms with van der Waals surface area (Å²) in [6.45, 7) is 8.37. The molecule has 4 heteroatoms. The Morgan fingerprint density at radius 2 is 2.21 bits per heavy atom. The van der Waals surface area contributed by atoms with Crippen LogP contribution in [0.2, 0.25) is 0 Å². The molecule has 19 heavy (non-hydrogen) atoms. The maximum Gasteiger partial charge on any atom is 0.140 e. The van der Waals surface area contributed by atoms with E-state index in [0.29, 0.717) is 6.42 Å². The quantitative estimate of drug-likeness (QED) is 0.839. The molecule has 2 aromatic heterocycles. The third kappa shape index (κ3) is 3.55. The van der Waals surface area contributed by atoms with Gasteiger partial charge in [-0.3, -0.25) is 0 Å². The lowest BCUT2D eigenvalue weighted by Gasteiger charge is -2.17. The van der Waals surface area contributed by atoms with Crippen LogP contribution in [0, 0.1) is 0 Å². The minimum atomic E-state index is -0.646. The van der Waals surface area contributed by atoms with Crippen LogP contribution >= 0.6 is 0 Å². The molecule has 104 valence electrons. The van der Waals surface area contributed by atoms with Gasteiger partial charge in [-0.05, 0) is 44.5 Å². The monoisotopic (exact) mass is 261 g/mol. The van der Waals surface area contributed by atoms with Gasteiger partial charge in [0, 0.05) is 30.9 Å². The number of pyridine rings is 1. The summed E-state index contributed by atoms with van der Waals surface area (Å²) in [4.78, 5) is 4.46. The number of hydrogen-bond donors (Lipinski definition) is 2. The van der Waals surface area contributed by atoms with Crippen molar-refractivity contribution in [3.8, 4) is 0 Å². The van der Waals surface area contributed by atoms with Crippen LogP contribution in [-0.2, 0) is 13.1 Å². The van der Waals surface area contributed by atoms with Crippen molar-refractivity contribution in [1.29, 1.82) is 0 Å². The number of aryl methyl sites for hydroxylation is 1. The van der Waals surface area contributed by atoms with Gasteiger partial charge in [-0.25, -0.2) is 4.98 Å². The first-order valence-electron chi connectivity index (χ1n) is 6.87. The van der Waals surface area contributed by atoms with E-state index in [4.69, 9.17) is 0 Å². The molecule has 0 aromatic carbocycles. The number of nitrogens with one attached hydrogen (secondary N) is 1. The highest BCUT2D eigenvalue weighted by Crippen LogP contribution is 2.21. The molecule has 0 saturated carbocycles. The molecule has 0 radical (unpaired) electrons. The van der Waals surface area contributed by atoms with Gasteiger partial charge < -0.3 is 15.0 Å². The normalized spacial score (nSPS) is 12.2. The molecule has 2 rings (SSSR count). The Balaban J connectivity index is 2.28. The van der Waals surface area contributed by atoms with Crippen molar-refractivity contribution >= 4 is 11.0 Å². The van der Waals surface area contributed by atoms with Gasteiger partial charge in [-0.1, -0.05) is 6.92 Å². The van der Waals surface area contributed by atoms with E-state index in [-0.39, 0.29) is 0 Å². The van der Waals surface area contributed by atoms with Gasteiger partial charge in [0.1, 0.15) is 5.65 Å². The maximum atomic E-state index is 9.85. The molecule has 0 bridgehead atoms. The molecule has 0 spiro atoms. The van der Waals surface area contributed by atoms with E-state index in [0.717, 1.165) is 25.3 Å². The van der Waals surface area contributed by atoms with E-state index in [1.54, 1.807) is 0 Å². The van der Waals surface area contributed by atoms with Gasteiger partial charge in [0.05, 0.1) is 5.60 Å². The Morgan fingerprint density at radius 1 is 1.42 bits per heavy atom. The molecule has 0 saturated heterocycles. The Hall–Kier alpha value is -1.39. The first kappa shape index (κ1) is 14.0. The molecule has 2 aromatic rings. The number of fused-ring (bicyclic) bond motifs is 1. The lowest BCUT2D eigenvalue weighted by atomic mass is 10.1. The Kier molecular flexibility index (Phi) is 4.22. The van der Waals surface area contributed by atoms with E-state index in [1.165, 1.54) is 10.9 Å².